The predicted octanol–water partition coefficient (Wildman–Crippen LogP) is 0.355. The van der Waals surface area contributed by atoms with Crippen LogP contribution in [0.2, 0.25) is 0 Å². The Morgan fingerprint density at radius 1 is 1.28 bits per heavy atom. The van der Waals surface area contributed by atoms with Gasteiger partial charge in [-0.15, -0.1) is 0 Å². The summed E-state index contributed by atoms with van der Waals surface area (Å²) in [6.45, 7) is 5.71. The minimum absolute atomic E-state index is 0.271. The molecule has 0 aromatic carbocycles. The van der Waals surface area contributed by atoms with E-state index in [9.17, 15) is 13.2 Å². The van der Waals surface area contributed by atoms with Crippen molar-refractivity contribution in [2.24, 2.45) is 5.92 Å². The van der Waals surface area contributed by atoms with Gasteiger partial charge >= 0.3 is 5.97 Å². The van der Waals surface area contributed by atoms with Crippen molar-refractivity contribution in [3.63, 3.8) is 0 Å². The van der Waals surface area contributed by atoms with Crippen LogP contribution in [0.5, 0.6) is 0 Å². The molecule has 0 radical (unpaired) electrons. The van der Waals surface area contributed by atoms with Crippen molar-refractivity contribution in [1.29, 1.82) is 0 Å². The van der Waals surface area contributed by atoms with Gasteiger partial charge in [-0.2, -0.15) is 0 Å². The number of carboxylic acids is 1. The van der Waals surface area contributed by atoms with Crippen LogP contribution in [0.3, 0.4) is 0 Å². The molecule has 0 aliphatic rings. The van der Waals surface area contributed by atoms with Crippen LogP contribution in [0, 0.1) is 5.92 Å². The van der Waals surface area contributed by atoms with Crippen LogP contribution in [0.15, 0.2) is 0 Å². The van der Waals surface area contributed by atoms with E-state index < -0.39 is 21.2 Å². The third kappa shape index (κ3) is 6.32. The molecule has 2 unspecified atom stereocenters. The van der Waals surface area contributed by atoms with E-state index in [0.29, 0.717) is 18.9 Å². The van der Waals surface area contributed by atoms with Crippen molar-refractivity contribution < 1.29 is 18.3 Å². The summed E-state index contributed by atoms with van der Waals surface area (Å²) in [6.07, 6.45) is 0.670. The van der Waals surface area contributed by atoms with Crippen molar-refractivity contribution in [3.05, 3.63) is 0 Å². The Balaban J connectivity index is 4.80. The summed E-state index contributed by atoms with van der Waals surface area (Å²) in [5, 5.41) is 7.33. The minimum Gasteiger partial charge on any atom is -0.480 e. The molecule has 6 nitrogen and oxygen atoms in total. The molecular weight excluding hydrogens is 256 g/mol. The van der Waals surface area contributed by atoms with Crippen LogP contribution in [0.1, 0.15) is 27.2 Å². The number of carbonyl (C=O) groups is 1. The molecule has 0 aliphatic carbocycles. The Morgan fingerprint density at radius 2 is 1.78 bits per heavy atom. The molecule has 2 N–H and O–H groups in total. The molecule has 0 aromatic heterocycles. The van der Waals surface area contributed by atoms with Gasteiger partial charge in [-0.1, -0.05) is 13.8 Å². The number of sulfonamides is 1. The second kappa shape index (κ2) is 7.06. The highest BCUT2D eigenvalue weighted by atomic mass is 32.2. The third-order valence-corrected chi connectivity index (χ3v) is 4.28. The summed E-state index contributed by atoms with van der Waals surface area (Å²) >= 11 is 0. The van der Waals surface area contributed by atoms with E-state index in [2.05, 4.69) is 4.72 Å². The quantitative estimate of drug-likeness (QED) is 0.670. The van der Waals surface area contributed by atoms with Gasteiger partial charge in [0, 0.05) is 12.6 Å². The first-order valence-corrected chi connectivity index (χ1v) is 7.49. The van der Waals surface area contributed by atoms with Crippen LogP contribution < -0.4 is 4.72 Å². The largest absolute Gasteiger partial charge is 0.480 e. The standard InChI is InChI=1S/C11H24N2O4S/c1-8(2)6-10(7-13(4)5)12-18(16,17)9(3)11(14)15/h8-10,12H,6-7H2,1-5H3,(H,14,15). The highest BCUT2D eigenvalue weighted by Crippen LogP contribution is 2.09. The summed E-state index contributed by atoms with van der Waals surface area (Å²) in [5.74, 6) is -1.01. The van der Waals surface area contributed by atoms with Gasteiger partial charge in [-0.25, -0.2) is 13.1 Å². The molecule has 0 aliphatic heterocycles. The minimum atomic E-state index is -3.83. The van der Waals surface area contributed by atoms with Crippen molar-refractivity contribution in [1.82, 2.24) is 9.62 Å². The number of rotatable bonds is 8. The zero-order valence-electron chi connectivity index (χ0n) is 11.7. The van der Waals surface area contributed by atoms with Crippen LogP contribution >= 0.6 is 0 Å². The summed E-state index contributed by atoms with van der Waals surface area (Å²) in [5.41, 5.74) is 0. The number of hydrogen-bond acceptors (Lipinski definition) is 4. The SMILES string of the molecule is CC(C)CC(CN(C)C)NS(=O)(=O)C(C)C(=O)O. The van der Waals surface area contributed by atoms with E-state index in [0.717, 1.165) is 0 Å². The van der Waals surface area contributed by atoms with Gasteiger partial charge in [-0.05, 0) is 33.4 Å². The average molecular weight is 280 g/mol. The van der Waals surface area contributed by atoms with E-state index >= 15 is 0 Å². The van der Waals surface area contributed by atoms with E-state index in [-0.39, 0.29) is 6.04 Å². The zero-order chi connectivity index (χ0) is 14.5. The van der Waals surface area contributed by atoms with E-state index in [1.165, 1.54) is 6.92 Å². The fraction of sp³-hybridized carbons (Fsp3) is 0.909. The first-order valence-electron chi connectivity index (χ1n) is 5.95. The monoisotopic (exact) mass is 280 g/mol. The molecule has 0 heterocycles. The molecule has 0 rings (SSSR count). The highest BCUT2D eigenvalue weighted by Gasteiger charge is 2.30. The molecule has 0 bridgehead atoms. The van der Waals surface area contributed by atoms with Gasteiger partial charge in [0.15, 0.2) is 5.25 Å². The molecular formula is C11H24N2O4S. The van der Waals surface area contributed by atoms with Gasteiger partial charge in [0.05, 0.1) is 0 Å². The Labute approximate surface area is 109 Å². The van der Waals surface area contributed by atoms with Crippen molar-refractivity contribution in [3.8, 4) is 0 Å². The van der Waals surface area contributed by atoms with Gasteiger partial charge < -0.3 is 10.0 Å². The number of nitrogens with zero attached hydrogens (tertiary/aromatic N) is 1. The Kier molecular flexibility index (Phi) is 6.80. The number of likely N-dealkylation sites (N-methyl/N-ethyl adjacent to an activating group) is 1. The number of aliphatic carboxylic acids is 1. The lowest BCUT2D eigenvalue weighted by Crippen LogP contribution is -2.47. The zero-order valence-corrected chi connectivity index (χ0v) is 12.5. The normalized spacial score (nSPS) is 15.9. The Bertz CT molecular complexity index is 355. The van der Waals surface area contributed by atoms with Gasteiger partial charge in [0.1, 0.15) is 0 Å². The van der Waals surface area contributed by atoms with Gasteiger partial charge in [0.2, 0.25) is 10.0 Å². The Hall–Kier alpha value is -0.660. The van der Waals surface area contributed by atoms with E-state index in [1.54, 1.807) is 0 Å². The lowest BCUT2D eigenvalue weighted by Gasteiger charge is -2.24. The molecule has 0 fully saturated rings. The van der Waals surface area contributed by atoms with E-state index in [1.807, 2.05) is 32.8 Å². The number of hydrogen-bond donors (Lipinski definition) is 2. The van der Waals surface area contributed by atoms with Crippen molar-refractivity contribution in [2.45, 2.75) is 38.5 Å². The fourth-order valence-corrected chi connectivity index (χ4v) is 2.74. The van der Waals surface area contributed by atoms with Crippen LogP contribution in [0.4, 0.5) is 0 Å². The first kappa shape index (κ1) is 17.3. The smallest absolute Gasteiger partial charge is 0.323 e. The average Bonchev–Trinajstić information content (AvgIpc) is 2.12. The maximum absolute atomic E-state index is 11.8. The second-order valence-electron chi connectivity index (χ2n) is 5.23. The molecule has 0 aromatic rings. The van der Waals surface area contributed by atoms with Gasteiger partial charge in [0.25, 0.3) is 0 Å². The van der Waals surface area contributed by atoms with E-state index in [4.69, 9.17) is 5.11 Å². The van der Waals surface area contributed by atoms with Crippen LogP contribution in [-0.2, 0) is 14.8 Å². The first-order chi connectivity index (χ1) is 8.06. The summed E-state index contributed by atoms with van der Waals surface area (Å²) < 4.78 is 26.2. The number of carboxylic acid groups (broad SMARTS) is 1. The van der Waals surface area contributed by atoms with Crippen molar-refractivity contribution >= 4 is 16.0 Å². The Morgan fingerprint density at radius 3 is 2.11 bits per heavy atom. The molecule has 0 saturated heterocycles. The van der Waals surface area contributed by atoms with Crippen LogP contribution in [-0.4, -0.2) is 56.3 Å². The second-order valence-corrected chi connectivity index (χ2v) is 7.26. The maximum atomic E-state index is 11.8. The lowest BCUT2D eigenvalue weighted by molar-refractivity contribution is -0.136. The fourth-order valence-electron chi connectivity index (χ4n) is 1.64. The molecule has 0 spiro atoms. The molecule has 0 amide bonds. The lowest BCUT2D eigenvalue weighted by atomic mass is 10.0. The maximum Gasteiger partial charge on any atom is 0.323 e. The van der Waals surface area contributed by atoms with Crippen molar-refractivity contribution in [2.75, 3.05) is 20.6 Å². The molecule has 18 heavy (non-hydrogen) atoms. The van der Waals surface area contributed by atoms with Crippen LogP contribution in [0.25, 0.3) is 0 Å². The number of nitrogens with one attached hydrogen (secondary N) is 1. The highest BCUT2D eigenvalue weighted by molar-refractivity contribution is 7.90. The summed E-state index contributed by atoms with van der Waals surface area (Å²) in [4.78, 5) is 12.6. The predicted molar refractivity (Wildman–Crippen MR) is 71.0 cm³/mol. The summed E-state index contributed by atoms with van der Waals surface area (Å²) in [6, 6.07) is -0.271. The van der Waals surface area contributed by atoms with Gasteiger partial charge in [-0.3, -0.25) is 4.79 Å². The molecule has 2 atom stereocenters. The molecule has 0 saturated carbocycles. The summed E-state index contributed by atoms with van der Waals surface area (Å²) in [7, 11) is -0.127. The molecule has 7 heteroatoms. The topological polar surface area (TPSA) is 86.7 Å². The molecule has 108 valence electrons. The third-order valence-electron chi connectivity index (χ3n) is 2.49.